The van der Waals surface area contributed by atoms with E-state index in [0.717, 1.165) is 17.7 Å². The van der Waals surface area contributed by atoms with E-state index in [1.54, 1.807) is 10.9 Å². The van der Waals surface area contributed by atoms with Crippen molar-refractivity contribution >= 4 is 17.5 Å². The van der Waals surface area contributed by atoms with Gasteiger partial charge in [-0.3, -0.25) is 14.9 Å². The number of aryl methyl sites for hydroxylation is 2. The zero-order valence-corrected chi connectivity index (χ0v) is 13.7. The van der Waals surface area contributed by atoms with Crippen molar-refractivity contribution in [2.24, 2.45) is 7.05 Å². The number of benzene rings is 1. The fraction of sp³-hybridized carbons (Fsp3) is 0.375. The molecule has 0 spiro atoms. The van der Waals surface area contributed by atoms with Crippen molar-refractivity contribution in [3.8, 4) is 0 Å². The summed E-state index contributed by atoms with van der Waals surface area (Å²) in [4.78, 5) is 12.2. The van der Waals surface area contributed by atoms with Gasteiger partial charge in [-0.2, -0.15) is 5.10 Å². The number of nitrogens with one attached hydrogen (secondary N) is 3. The first-order valence-corrected chi connectivity index (χ1v) is 8.00. The van der Waals surface area contributed by atoms with E-state index < -0.39 is 0 Å². The zero-order chi connectivity index (χ0) is 16.2. The van der Waals surface area contributed by atoms with Gasteiger partial charge in [0.15, 0.2) is 0 Å². The van der Waals surface area contributed by atoms with Crippen LogP contribution in [0.2, 0.25) is 5.02 Å². The number of aromatic nitrogens is 2. The highest BCUT2D eigenvalue weighted by molar-refractivity contribution is 6.30. The zero-order valence-electron chi connectivity index (χ0n) is 12.9. The Bertz CT molecular complexity index is 687. The molecule has 6 nitrogen and oxygen atoms in total. The first kappa shape index (κ1) is 16.0. The molecule has 3 N–H and O–H groups in total. The lowest BCUT2D eigenvalue weighted by Gasteiger charge is -2.20. The predicted molar refractivity (Wildman–Crippen MR) is 88.8 cm³/mol. The summed E-state index contributed by atoms with van der Waals surface area (Å²) >= 11 is 6.06. The lowest BCUT2D eigenvalue weighted by atomic mass is 9.97. The van der Waals surface area contributed by atoms with Gasteiger partial charge in [-0.25, -0.2) is 5.43 Å². The Morgan fingerprint density at radius 2 is 2.39 bits per heavy atom. The third kappa shape index (κ3) is 4.10. The summed E-state index contributed by atoms with van der Waals surface area (Å²) in [5.74, 6) is 0.165. The summed E-state index contributed by atoms with van der Waals surface area (Å²) in [5, 5.41) is 7.85. The van der Waals surface area contributed by atoms with Crippen molar-refractivity contribution in [1.82, 2.24) is 25.9 Å². The Morgan fingerprint density at radius 3 is 3.13 bits per heavy atom. The number of carbonyl (C=O) groups is 1. The van der Waals surface area contributed by atoms with E-state index in [9.17, 15) is 4.79 Å². The second-order valence-electron chi connectivity index (χ2n) is 5.75. The van der Waals surface area contributed by atoms with E-state index in [0.29, 0.717) is 17.9 Å². The Labute approximate surface area is 140 Å². The third-order valence-electron chi connectivity index (χ3n) is 3.97. The van der Waals surface area contributed by atoms with Gasteiger partial charge in [0.05, 0.1) is 6.20 Å². The van der Waals surface area contributed by atoms with Gasteiger partial charge in [-0.1, -0.05) is 23.7 Å². The normalized spacial score (nSPS) is 20.6. The molecule has 7 heteroatoms. The molecular formula is C16H20ClN5O. The van der Waals surface area contributed by atoms with Gasteiger partial charge in [0.25, 0.3) is 0 Å². The molecule has 1 amide bonds. The highest BCUT2D eigenvalue weighted by atomic mass is 35.5. The molecular weight excluding hydrogens is 314 g/mol. The fourth-order valence-electron chi connectivity index (χ4n) is 2.79. The van der Waals surface area contributed by atoms with Crippen molar-refractivity contribution in [3.05, 3.63) is 52.8 Å². The van der Waals surface area contributed by atoms with Crippen LogP contribution in [-0.2, 0) is 18.3 Å². The molecule has 1 fully saturated rings. The van der Waals surface area contributed by atoms with Gasteiger partial charge in [0.1, 0.15) is 6.17 Å². The molecule has 1 aliphatic heterocycles. The first-order chi connectivity index (χ1) is 11.1. The minimum absolute atomic E-state index is 0.0158. The number of hydrazine groups is 1. The van der Waals surface area contributed by atoms with Crippen LogP contribution in [0, 0.1) is 0 Å². The molecule has 122 valence electrons. The summed E-state index contributed by atoms with van der Waals surface area (Å²) in [6.45, 7) is 0.744. The van der Waals surface area contributed by atoms with E-state index in [1.165, 1.54) is 0 Å². The average molecular weight is 334 g/mol. The van der Waals surface area contributed by atoms with Crippen LogP contribution in [0.5, 0.6) is 0 Å². The van der Waals surface area contributed by atoms with Gasteiger partial charge in [0.2, 0.25) is 5.91 Å². The Morgan fingerprint density at radius 1 is 1.52 bits per heavy atom. The van der Waals surface area contributed by atoms with Crippen molar-refractivity contribution in [1.29, 1.82) is 0 Å². The predicted octanol–water partition coefficient (Wildman–Crippen LogP) is 1.34. The van der Waals surface area contributed by atoms with E-state index in [4.69, 9.17) is 11.6 Å². The van der Waals surface area contributed by atoms with Crippen LogP contribution in [0.1, 0.15) is 23.5 Å². The number of nitrogens with zero attached hydrogens (tertiary/aromatic N) is 2. The maximum absolute atomic E-state index is 12.2. The van der Waals surface area contributed by atoms with Gasteiger partial charge in [-0.05, 0) is 29.7 Å². The summed E-state index contributed by atoms with van der Waals surface area (Å²) in [5.41, 5.74) is 8.38. The van der Waals surface area contributed by atoms with Crippen molar-refractivity contribution in [2.45, 2.75) is 24.9 Å². The van der Waals surface area contributed by atoms with Gasteiger partial charge in [-0.15, -0.1) is 0 Å². The van der Waals surface area contributed by atoms with E-state index in [1.807, 2.05) is 37.5 Å². The Hall–Kier alpha value is -1.89. The SMILES string of the molecule is Cn1cc(CCC(=O)NC2NNCC2c2cccc(Cl)c2)cn1. The minimum Gasteiger partial charge on any atom is -0.339 e. The van der Waals surface area contributed by atoms with Crippen LogP contribution in [0.3, 0.4) is 0 Å². The summed E-state index contributed by atoms with van der Waals surface area (Å²) in [7, 11) is 1.87. The second kappa shape index (κ2) is 7.12. The number of rotatable bonds is 5. The number of hydrogen-bond acceptors (Lipinski definition) is 4. The summed E-state index contributed by atoms with van der Waals surface area (Å²) in [6.07, 6.45) is 4.69. The molecule has 1 aromatic carbocycles. The third-order valence-corrected chi connectivity index (χ3v) is 4.21. The molecule has 1 aliphatic rings. The molecule has 0 bridgehead atoms. The largest absolute Gasteiger partial charge is 0.339 e. The lowest BCUT2D eigenvalue weighted by molar-refractivity contribution is -0.122. The van der Waals surface area contributed by atoms with Crippen LogP contribution in [0.15, 0.2) is 36.7 Å². The smallest absolute Gasteiger partial charge is 0.221 e. The Kier molecular flexibility index (Phi) is 4.95. The number of amides is 1. The van der Waals surface area contributed by atoms with Crippen LogP contribution in [0.25, 0.3) is 0 Å². The minimum atomic E-state index is -0.144. The average Bonchev–Trinajstić information content (AvgIpc) is 3.14. The molecule has 2 aromatic rings. The lowest BCUT2D eigenvalue weighted by Crippen LogP contribution is -2.46. The molecule has 0 aliphatic carbocycles. The molecule has 1 aromatic heterocycles. The highest BCUT2D eigenvalue weighted by Gasteiger charge is 2.29. The van der Waals surface area contributed by atoms with Crippen LogP contribution < -0.4 is 16.2 Å². The number of halogens is 1. The second-order valence-corrected chi connectivity index (χ2v) is 6.19. The van der Waals surface area contributed by atoms with Crippen molar-refractivity contribution in [2.75, 3.05) is 6.54 Å². The van der Waals surface area contributed by atoms with Crippen molar-refractivity contribution in [3.63, 3.8) is 0 Å². The maximum Gasteiger partial charge on any atom is 0.221 e. The molecule has 0 radical (unpaired) electrons. The van der Waals surface area contributed by atoms with Crippen LogP contribution >= 0.6 is 11.6 Å². The first-order valence-electron chi connectivity index (χ1n) is 7.62. The quantitative estimate of drug-likeness (QED) is 0.772. The highest BCUT2D eigenvalue weighted by Crippen LogP contribution is 2.23. The van der Waals surface area contributed by atoms with Crippen LogP contribution in [-0.4, -0.2) is 28.4 Å². The monoisotopic (exact) mass is 333 g/mol. The van der Waals surface area contributed by atoms with Gasteiger partial charge in [0, 0.05) is 37.2 Å². The summed E-state index contributed by atoms with van der Waals surface area (Å²) < 4.78 is 1.74. The van der Waals surface area contributed by atoms with E-state index in [2.05, 4.69) is 21.3 Å². The number of carbonyl (C=O) groups excluding carboxylic acids is 1. The van der Waals surface area contributed by atoms with Gasteiger partial charge < -0.3 is 5.32 Å². The molecule has 2 unspecified atom stereocenters. The molecule has 3 rings (SSSR count). The number of hydrogen-bond donors (Lipinski definition) is 3. The molecule has 23 heavy (non-hydrogen) atoms. The summed E-state index contributed by atoms with van der Waals surface area (Å²) in [6, 6.07) is 7.75. The van der Waals surface area contributed by atoms with Gasteiger partial charge >= 0.3 is 0 Å². The van der Waals surface area contributed by atoms with Crippen LogP contribution in [0.4, 0.5) is 0 Å². The fourth-order valence-corrected chi connectivity index (χ4v) is 2.98. The van der Waals surface area contributed by atoms with E-state index >= 15 is 0 Å². The molecule has 1 saturated heterocycles. The Balaban J connectivity index is 1.56. The molecule has 2 heterocycles. The van der Waals surface area contributed by atoms with E-state index in [-0.39, 0.29) is 18.0 Å². The maximum atomic E-state index is 12.2. The topological polar surface area (TPSA) is 71.0 Å². The standard InChI is InChI=1S/C16H20ClN5O/c1-22-10-11(8-19-22)5-6-15(23)20-16-14(9-18-21-16)12-3-2-4-13(17)7-12/h2-4,7-8,10,14,16,18,21H,5-6,9H2,1H3,(H,20,23). The molecule has 2 atom stereocenters. The molecule has 0 saturated carbocycles. The van der Waals surface area contributed by atoms with Crippen molar-refractivity contribution < 1.29 is 4.79 Å².